The van der Waals surface area contributed by atoms with E-state index in [0.717, 1.165) is 18.4 Å². The molecule has 2 bridgehead atoms. The first-order valence-corrected chi connectivity index (χ1v) is 15.1. The molecule has 238 valence electrons. The number of nitrogens with one attached hydrogen (secondary N) is 2. The van der Waals surface area contributed by atoms with E-state index in [1.54, 1.807) is 36.1 Å². The van der Waals surface area contributed by atoms with Crippen molar-refractivity contribution in [1.82, 2.24) is 20.5 Å². The van der Waals surface area contributed by atoms with Crippen LogP contribution in [0.15, 0.2) is 36.5 Å². The van der Waals surface area contributed by atoms with Gasteiger partial charge in [0.1, 0.15) is 5.56 Å². The highest BCUT2D eigenvalue weighted by molar-refractivity contribution is 5.96. The number of hydrogen-bond donors (Lipinski definition) is 2. The molecule has 1 aliphatic heterocycles. The Morgan fingerprint density at radius 3 is 2.64 bits per heavy atom. The summed E-state index contributed by atoms with van der Waals surface area (Å²) < 4.78 is 22.2. The Morgan fingerprint density at radius 2 is 1.91 bits per heavy atom. The average Bonchev–Trinajstić information content (AvgIpc) is 3.85. The number of fused-ring (bicyclic) bond motifs is 2. The predicted molar refractivity (Wildman–Crippen MR) is 161 cm³/mol. The summed E-state index contributed by atoms with van der Waals surface area (Å²) in [5.41, 5.74) is 0.0909. The zero-order valence-corrected chi connectivity index (χ0v) is 25.7. The lowest BCUT2D eigenvalue weighted by Gasteiger charge is -2.32. The maximum absolute atomic E-state index is 13.5. The summed E-state index contributed by atoms with van der Waals surface area (Å²) in [6, 6.07) is 8.62. The van der Waals surface area contributed by atoms with E-state index in [-0.39, 0.29) is 80.9 Å². The molecule has 2 aromatic rings. The highest BCUT2D eigenvalue weighted by Gasteiger charge is 2.44. The van der Waals surface area contributed by atoms with Crippen molar-refractivity contribution in [2.24, 2.45) is 11.3 Å². The van der Waals surface area contributed by atoms with E-state index in [0.29, 0.717) is 36.7 Å². The van der Waals surface area contributed by atoms with Crippen LogP contribution in [-0.2, 0) is 25.5 Å². The van der Waals surface area contributed by atoms with Gasteiger partial charge in [0.15, 0.2) is 18.1 Å². The van der Waals surface area contributed by atoms with Crippen molar-refractivity contribution in [3.63, 3.8) is 0 Å². The predicted octanol–water partition coefficient (Wildman–Crippen LogP) is 2.54. The maximum Gasteiger partial charge on any atom is 0.314 e. The molecule has 1 aromatic carbocycles. The second-order valence-corrected chi connectivity index (χ2v) is 11.2. The van der Waals surface area contributed by atoms with Crippen molar-refractivity contribution in [2.75, 3.05) is 53.6 Å². The third kappa shape index (κ3) is 8.61. The van der Waals surface area contributed by atoms with Crippen LogP contribution in [0, 0.1) is 11.3 Å². The van der Waals surface area contributed by atoms with Crippen LogP contribution in [0.2, 0.25) is 0 Å². The van der Waals surface area contributed by atoms with Crippen molar-refractivity contribution in [2.45, 2.75) is 45.4 Å². The minimum absolute atomic E-state index is 0.112. The molecule has 44 heavy (non-hydrogen) atoms. The van der Waals surface area contributed by atoms with Crippen LogP contribution < -0.4 is 24.8 Å². The normalized spacial score (nSPS) is 20.2. The first-order chi connectivity index (χ1) is 21.3. The number of hydrogen-bond acceptors (Lipinski definition) is 9. The molecule has 1 saturated carbocycles. The number of carbonyl (C=O) groups excluding carboxylic acids is 4. The lowest BCUT2D eigenvalue weighted by Crippen LogP contribution is -2.46. The summed E-state index contributed by atoms with van der Waals surface area (Å²) in [5.74, 6) is 0.0624. The van der Waals surface area contributed by atoms with E-state index in [9.17, 15) is 19.2 Å². The average molecular weight is 611 g/mol. The zero-order valence-electron chi connectivity index (χ0n) is 25.7. The highest BCUT2D eigenvalue weighted by Crippen LogP contribution is 2.43. The van der Waals surface area contributed by atoms with Crippen LogP contribution >= 0.6 is 0 Å². The Morgan fingerprint density at radius 1 is 1.09 bits per heavy atom. The number of amides is 3. The minimum atomic E-state index is -0.986. The Kier molecular flexibility index (Phi) is 11.4. The summed E-state index contributed by atoms with van der Waals surface area (Å²) in [5, 5.41) is 5.78. The molecule has 1 fully saturated rings. The van der Waals surface area contributed by atoms with E-state index in [4.69, 9.17) is 18.9 Å². The summed E-state index contributed by atoms with van der Waals surface area (Å²) >= 11 is 0. The second kappa shape index (κ2) is 15.4. The van der Waals surface area contributed by atoms with Crippen molar-refractivity contribution >= 4 is 23.7 Å². The third-order valence-corrected chi connectivity index (χ3v) is 7.86. The van der Waals surface area contributed by atoms with Crippen molar-refractivity contribution in [3.8, 4) is 17.4 Å². The molecule has 3 amide bonds. The Balaban J connectivity index is 1.61. The van der Waals surface area contributed by atoms with E-state index < -0.39 is 5.41 Å². The Hall–Kier alpha value is -4.35. The Bertz CT molecular complexity index is 1330. The Labute approximate surface area is 257 Å². The van der Waals surface area contributed by atoms with Crippen molar-refractivity contribution in [1.29, 1.82) is 0 Å². The maximum atomic E-state index is 13.5. The van der Waals surface area contributed by atoms with Crippen LogP contribution in [-0.4, -0.2) is 87.2 Å². The summed E-state index contributed by atoms with van der Waals surface area (Å²) in [4.78, 5) is 58.5. The van der Waals surface area contributed by atoms with Crippen LogP contribution in [0.25, 0.3) is 0 Å². The van der Waals surface area contributed by atoms with Gasteiger partial charge in [0, 0.05) is 38.8 Å². The number of pyridine rings is 1. The molecular weight excluding hydrogens is 568 g/mol. The molecule has 2 N–H and O–H groups in total. The van der Waals surface area contributed by atoms with E-state index in [1.165, 1.54) is 20.4 Å². The summed E-state index contributed by atoms with van der Waals surface area (Å²) in [6.07, 6.45) is 4.97. The standard InChI is InChI=1S/C32H42N4O8/c1-4-43-31(40)32(18-22-9-10-22)19-23-11-12-25(41-2)26(17-23)44-20-28(38)33-14-16-36(15-6-8-27(37)35-21-32)30(39)24-7-5-13-34-29(24)42-3/h5,7,11-13,17,22H,4,6,8-10,14-16,18-21H2,1-3H3,(H,33,38)(H,35,37). The molecule has 12 heteroatoms. The SMILES string of the molecule is CCOC(=O)C1(CC2CC2)CNC(=O)CCCN(C(=O)c2cccnc2OC)CCNC(=O)COc2cc(ccc2OC)C1. The topological polar surface area (TPSA) is 145 Å². The third-order valence-electron chi connectivity index (χ3n) is 7.86. The van der Waals surface area contributed by atoms with E-state index in [1.807, 2.05) is 6.07 Å². The number of rotatable bonds is 7. The number of carbonyl (C=O) groups is 4. The lowest BCUT2D eigenvalue weighted by molar-refractivity contribution is -0.156. The molecule has 1 atom stereocenters. The smallest absolute Gasteiger partial charge is 0.314 e. The fourth-order valence-corrected chi connectivity index (χ4v) is 5.44. The number of nitrogens with zero attached hydrogens (tertiary/aromatic N) is 2. The van der Waals surface area contributed by atoms with Crippen LogP contribution in [0.3, 0.4) is 0 Å². The van der Waals surface area contributed by atoms with Crippen LogP contribution in [0.4, 0.5) is 0 Å². The van der Waals surface area contributed by atoms with Crippen LogP contribution in [0.1, 0.15) is 54.9 Å². The molecule has 1 unspecified atom stereocenters. The van der Waals surface area contributed by atoms with Gasteiger partial charge in [0.2, 0.25) is 11.8 Å². The molecule has 1 aromatic heterocycles. The van der Waals surface area contributed by atoms with Gasteiger partial charge < -0.3 is 34.5 Å². The van der Waals surface area contributed by atoms with Gasteiger partial charge >= 0.3 is 5.97 Å². The zero-order chi connectivity index (χ0) is 31.5. The lowest BCUT2D eigenvalue weighted by atomic mass is 9.76. The first kappa shape index (κ1) is 32.6. The fourth-order valence-electron chi connectivity index (χ4n) is 5.44. The van der Waals surface area contributed by atoms with Crippen LogP contribution in [0.5, 0.6) is 17.4 Å². The minimum Gasteiger partial charge on any atom is -0.493 e. The van der Waals surface area contributed by atoms with Gasteiger partial charge in [-0.3, -0.25) is 19.2 Å². The number of aromatic nitrogens is 1. The first-order valence-electron chi connectivity index (χ1n) is 15.1. The van der Waals surface area contributed by atoms with Gasteiger partial charge in [0.25, 0.3) is 11.8 Å². The quantitative estimate of drug-likeness (QED) is 0.452. The molecule has 4 rings (SSSR count). The van der Waals surface area contributed by atoms with Gasteiger partial charge in [-0.15, -0.1) is 0 Å². The van der Waals surface area contributed by atoms with Gasteiger partial charge in [-0.25, -0.2) is 4.98 Å². The van der Waals surface area contributed by atoms with Gasteiger partial charge in [-0.2, -0.15) is 0 Å². The molecule has 0 spiro atoms. The molecule has 2 heterocycles. The second-order valence-electron chi connectivity index (χ2n) is 11.2. The number of benzene rings is 1. The molecule has 1 aliphatic carbocycles. The van der Waals surface area contributed by atoms with Crippen molar-refractivity contribution < 1.29 is 38.1 Å². The van der Waals surface area contributed by atoms with E-state index in [2.05, 4.69) is 15.6 Å². The van der Waals surface area contributed by atoms with Crippen molar-refractivity contribution in [3.05, 3.63) is 47.7 Å². The largest absolute Gasteiger partial charge is 0.493 e. The van der Waals surface area contributed by atoms with Gasteiger partial charge in [-0.05, 0) is 61.9 Å². The summed E-state index contributed by atoms with van der Waals surface area (Å²) in [6.45, 7) is 2.44. The van der Waals surface area contributed by atoms with Gasteiger partial charge in [-0.1, -0.05) is 18.9 Å². The fraction of sp³-hybridized carbons (Fsp3) is 0.531. The molecule has 12 nitrogen and oxygen atoms in total. The van der Waals surface area contributed by atoms with E-state index >= 15 is 0 Å². The number of ether oxygens (including phenoxy) is 4. The molecule has 2 aliphatic rings. The number of esters is 1. The molecule has 0 radical (unpaired) electrons. The molecular formula is C32H42N4O8. The number of methoxy groups -OCH3 is 2. The monoisotopic (exact) mass is 610 g/mol. The highest BCUT2D eigenvalue weighted by atomic mass is 16.5. The van der Waals surface area contributed by atoms with Gasteiger partial charge in [0.05, 0.1) is 26.2 Å². The summed E-state index contributed by atoms with van der Waals surface area (Å²) in [7, 11) is 2.95. The molecule has 0 saturated heterocycles.